The van der Waals surface area contributed by atoms with Crippen LogP contribution in [0.1, 0.15) is 24.2 Å². The molecule has 0 radical (unpaired) electrons. The number of guanidine groups is 1. The molecule has 2 aromatic rings. The van der Waals surface area contributed by atoms with Crippen LogP contribution >= 0.6 is 0 Å². The minimum absolute atomic E-state index is 0.132. The minimum atomic E-state index is -2.26. The number of fused-ring (bicyclic) bond motifs is 1. The standard InChI is InChI=1S/C18H26F2N6/c1-13-4-3-5-17-23-15(11-26(13)17)10-22-18(21-2)24-14-6-8-25(9-7-14)12-16(19)20/h3-5,11,14,16H,6-10,12H2,1-2H3,(H2,21,22,24). The van der Waals surface area contributed by atoms with E-state index < -0.39 is 6.43 Å². The first-order valence-corrected chi connectivity index (χ1v) is 8.96. The summed E-state index contributed by atoms with van der Waals surface area (Å²) < 4.78 is 27.0. The SMILES string of the molecule is CN=C(NCc1cn2c(C)cccc2n1)NC1CCN(CC(F)F)CC1. The highest BCUT2D eigenvalue weighted by molar-refractivity contribution is 5.79. The number of rotatable bonds is 5. The van der Waals surface area contributed by atoms with Gasteiger partial charge in [-0.3, -0.25) is 9.89 Å². The lowest BCUT2D eigenvalue weighted by Gasteiger charge is -2.32. The maximum absolute atomic E-state index is 12.5. The van der Waals surface area contributed by atoms with E-state index in [1.807, 2.05) is 36.2 Å². The molecule has 1 aliphatic heterocycles. The highest BCUT2D eigenvalue weighted by Gasteiger charge is 2.22. The van der Waals surface area contributed by atoms with E-state index in [0.717, 1.165) is 29.9 Å². The molecule has 0 amide bonds. The number of hydrogen-bond donors (Lipinski definition) is 2. The van der Waals surface area contributed by atoms with Crippen molar-refractivity contribution in [3.63, 3.8) is 0 Å². The molecule has 2 N–H and O–H groups in total. The third kappa shape index (κ3) is 4.69. The van der Waals surface area contributed by atoms with Gasteiger partial charge in [0.05, 0.1) is 18.8 Å². The second-order valence-corrected chi connectivity index (χ2v) is 6.66. The number of aliphatic imine (C=N–C) groups is 1. The van der Waals surface area contributed by atoms with Gasteiger partial charge in [-0.05, 0) is 31.9 Å². The number of aryl methyl sites for hydroxylation is 1. The maximum Gasteiger partial charge on any atom is 0.251 e. The lowest BCUT2D eigenvalue weighted by molar-refractivity contribution is 0.0744. The van der Waals surface area contributed by atoms with E-state index in [2.05, 4.69) is 25.0 Å². The predicted octanol–water partition coefficient (Wildman–Crippen LogP) is 2.04. The van der Waals surface area contributed by atoms with E-state index in [1.165, 1.54) is 0 Å². The summed E-state index contributed by atoms with van der Waals surface area (Å²) in [6.07, 6.45) is 1.43. The predicted molar refractivity (Wildman–Crippen MR) is 98.7 cm³/mol. The van der Waals surface area contributed by atoms with Crippen LogP contribution in [-0.4, -0.2) is 59.4 Å². The van der Waals surface area contributed by atoms with Gasteiger partial charge in [-0.2, -0.15) is 0 Å². The molecule has 142 valence electrons. The number of imidazole rings is 1. The van der Waals surface area contributed by atoms with E-state index in [1.54, 1.807) is 7.05 Å². The Morgan fingerprint density at radius 3 is 2.77 bits per heavy atom. The van der Waals surface area contributed by atoms with Crippen molar-refractivity contribution in [2.45, 2.75) is 38.8 Å². The molecule has 1 fully saturated rings. The zero-order chi connectivity index (χ0) is 18.5. The average Bonchev–Trinajstić information content (AvgIpc) is 3.04. The molecule has 0 aromatic carbocycles. The molecule has 0 bridgehead atoms. The van der Waals surface area contributed by atoms with Crippen LogP contribution in [0, 0.1) is 6.92 Å². The molecule has 3 rings (SSSR count). The van der Waals surface area contributed by atoms with E-state index in [0.29, 0.717) is 25.6 Å². The molecular weight excluding hydrogens is 338 g/mol. The number of pyridine rings is 1. The van der Waals surface area contributed by atoms with Gasteiger partial charge < -0.3 is 15.0 Å². The molecule has 26 heavy (non-hydrogen) atoms. The van der Waals surface area contributed by atoms with E-state index in [9.17, 15) is 8.78 Å². The van der Waals surface area contributed by atoms with Gasteiger partial charge in [0, 0.05) is 38.1 Å². The van der Waals surface area contributed by atoms with Gasteiger partial charge in [0.2, 0.25) is 0 Å². The van der Waals surface area contributed by atoms with Gasteiger partial charge >= 0.3 is 0 Å². The second kappa shape index (κ2) is 8.44. The van der Waals surface area contributed by atoms with Gasteiger partial charge in [-0.25, -0.2) is 13.8 Å². The van der Waals surface area contributed by atoms with Crippen LogP contribution in [-0.2, 0) is 6.54 Å². The fourth-order valence-electron chi connectivity index (χ4n) is 3.30. The summed E-state index contributed by atoms with van der Waals surface area (Å²) in [5.74, 6) is 0.714. The topological polar surface area (TPSA) is 57.0 Å². The van der Waals surface area contributed by atoms with Crippen molar-refractivity contribution in [2.24, 2.45) is 4.99 Å². The number of nitrogens with one attached hydrogen (secondary N) is 2. The molecule has 8 heteroatoms. The van der Waals surface area contributed by atoms with Gasteiger partial charge in [-0.1, -0.05) is 6.07 Å². The molecule has 6 nitrogen and oxygen atoms in total. The Hall–Kier alpha value is -2.22. The molecular formula is C18H26F2N6. The molecule has 0 atom stereocenters. The summed E-state index contributed by atoms with van der Waals surface area (Å²) in [7, 11) is 1.73. The molecule has 0 saturated carbocycles. The number of alkyl halides is 2. The Morgan fingerprint density at radius 2 is 2.12 bits per heavy atom. The summed E-state index contributed by atoms with van der Waals surface area (Å²) >= 11 is 0. The van der Waals surface area contributed by atoms with Gasteiger partial charge in [-0.15, -0.1) is 0 Å². The van der Waals surface area contributed by atoms with Crippen molar-refractivity contribution in [1.29, 1.82) is 0 Å². The van der Waals surface area contributed by atoms with Crippen molar-refractivity contribution >= 4 is 11.6 Å². The van der Waals surface area contributed by atoms with Crippen molar-refractivity contribution in [1.82, 2.24) is 24.9 Å². The first-order valence-electron chi connectivity index (χ1n) is 8.96. The fourth-order valence-corrected chi connectivity index (χ4v) is 3.30. The van der Waals surface area contributed by atoms with E-state index in [-0.39, 0.29) is 12.6 Å². The smallest absolute Gasteiger partial charge is 0.251 e. The average molecular weight is 364 g/mol. The fraction of sp³-hybridized carbons (Fsp3) is 0.556. The van der Waals surface area contributed by atoms with Gasteiger partial charge in [0.15, 0.2) is 5.96 Å². The quantitative estimate of drug-likeness (QED) is 0.630. The first kappa shape index (κ1) is 18.6. The highest BCUT2D eigenvalue weighted by atomic mass is 19.3. The Balaban J connectivity index is 1.50. The molecule has 0 unspecified atom stereocenters. The number of aromatic nitrogens is 2. The van der Waals surface area contributed by atoms with Crippen molar-refractivity contribution in [2.75, 3.05) is 26.7 Å². The Kier molecular flexibility index (Phi) is 6.03. The summed E-state index contributed by atoms with van der Waals surface area (Å²) in [5, 5.41) is 6.67. The molecule has 1 aliphatic rings. The minimum Gasteiger partial charge on any atom is -0.354 e. The summed E-state index contributed by atoms with van der Waals surface area (Å²) in [4.78, 5) is 10.7. The highest BCUT2D eigenvalue weighted by Crippen LogP contribution is 2.12. The normalized spacial score (nSPS) is 17.2. The summed E-state index contributed by atoms with van der Waals surface area (Å²) in [5.41, 5.74) is 3.00. The zero-order valence-electron chi connectivity index (χ0n) is 15.3. The summed E-state index contributed by atoms with van der Waals surface area (Å²) in [6, 6.07) is 6.28. The Morgan fingerprint density at radius 1 is 1.35 bits per heavy atom. The van der Waals surface area contributed by atoms with Crippen LogP contribution in [0.5, 0.6) is 0 Å². The van der Waals surface area contributed by atoms with Crippen LogP contribution in [0.15, 0.2) is 29.4 Å². The van der Waals surface area contributed by atoms with Crippen molar-refractivity contribution in [3.8, 4) is 0 Å². The van der Waals surface area contributed by atoms with Crippen LogP contribution in [0.2, 0.25) is 0 Å². The number of halogens is 2. The van der Waals surface area contributed by atoms with E-state index in [4.69, 9.17) is 0 Å². The molecule has 3 heterocycles. The van der Waals surface area contributed by atoms with E-state index >= 15 is 0 Å². The molecule has 1 saturated heterocycles. The monoisotopic (exact) mass is 364 g/mol. The zero-order valence-corrected chi connectivity index (χ0v) is 15.3. The summed E-state index contributed by atoms with van der Waals surface area (Å²) in [6.45, 7) is 3.86. The second-order valence-electron chi connectivity index (χ2n) is 6.66. The Labute approximate surface area is 152 Å². The number of piperidine rings is 1. The van der Waals surface area contributed by atoms with Crippen LogP contribution in [0.3, 0.4) is 0 Å². The largest absolute Gasteiger partial charge is 0.354 e. The first-order chi connectivity index (χ1) is 12.5. The van der Waals surface area contributed by atoms with Crippen LogP contribution in [0.4, 0.5) is 8.78 Å². The lowest BCUT2D eigenvalue weighted by atomic mass is 10.1. The van der Waals surface area contributed by atoms with Crippen LogP contribution < -0.4 is 10.6 Å². The van der Waals surface area contributed by atoms with Crippen molar-refractivity contribution < 1.29 is 8.78 Å². The number of hydrogen-bond acceptors (Lipinski definition) is 3. The molecule has 0 spiro atoms. The van der Waals surface area contributed by atoms with Gasteiger partial charge in [0.25, 0.3) is 6.43 Å². The number of likely N-dealkylation sites (tertiary alicyclic amines) is 1. The van der Waals surface area contributed by atoms with Crippen molar-refractivity contribution in [3.05, 3.63) is 35.8 Å². The van der Waals surface area contributed by atoms with Crippen LogP contribution in [0.25, 0.3) is 5.65 Å². The maximum atomic E-state index is 12.5. The molecule has 2 aromatic heterocycles. The Bertz CT molecular complexity index is 749. The van der Waals surface area contributed by atoms with Gasteiger partial charge in [0.1, 0.15) is 5.65 Å². The number of nitrogens with zero attached hydrogens (tertiary/aromatic N) is 4. The third-order valence-corrected chi connectivity index (χ3v) is 4.73. The molecule has 0 aliphatic carbocycles. The lowest BCUT2D eigenvalue weighted by Crippen LogP contribution is -2.49. The third-order valence-electron chi connectivity index (χ3n) is 4.73.